The van der Waals surface area contributed by atoms with Crippen molar-refractivity contribution in [3.63, 3.8) is 0 Å². The van der Waals surface area contributed by atoms with E-state index in [1.165, 1.54) is 5.56 Å². The third-order valence-corrected chi connectivity index (χ3v) is 3.36. The molecule has 0 saturated carbocycles. The Balaban J connectivity index is 2.33. The lowest BCUT2D eigenvalue weighted by atomic mass is 9.98. The Hall–Kier alpha value is -1.87. The summed E-state index contributed by atoms with van der Waals surface area (Å²) >= 11 is 0. The maximum Gasteiger partial charge on any atom is 0.135 e. The van der Waals surface area contributed by atoms with E-state index in [2.05, 4.69) is 24.9 Å². The maximum atomic E-state index is 6.03. The molecule has 3 heteroatoms. The van der Waals surface area contributed by atoms with Crippen LogP contribution in [0.25, 0.3) is 0 Å². The third kappa shape index (κ3) is 3.12. The standard InChI is InChI=1S/C16H20N2O/c1-3-12(2)14-6-4-5-7-16(14)19-15-8-9-18-11-13(15)10-17/h4-9,11-12H,3,10,17H2,1-2H3. The van der Waals surface area contributed by atoms with Gasteiger partial charge in [0.25, 0.3) is 0 Å². The molecular weight excluding hydrogens is 236 g/mol. The van der Waals surface area contributed by atoms with Crippen molar-refractivity contribution in [2.24, 2.45) is 5.73 Å². The van der Waals surface area contributed by atoms with E-state index in [9.17, 15) is 0 Å². The van der Waals surface area contributed by atoms with Crippen LogP contribution in [0.1, 0.15) is 37.3 Å². The predicted molar refractivity (Wildman–Crippen MR) is 77.4 cm³/mol. The maximum absolute atomic E-state index is 6.03. The van der Waals surface area contributed by atoms with E-state index in [0.717, 1.165) is 23.5 Å². The molecule has 19 heavy (non-hydrogen) atoms. The number of para-hydroxylation sites is 1. The zero-order valence-corrected chi connectivity index (χ0v) is 11.5. The van der Waals surface area contributed by atoms with E-state index in [-0.39, 0.29) is 0 Å². The van der Waals surface area contributed by atoms with Crippen molar-refractivity contribution in [3.8, 4) is 11.5 Å². The lowest BCUT2D eigenvalue weighted by molar-refractivity contribution is 0.464. The summed E-state index contributed by atoms with van der Waals surface area (Å²) < 4.78 is 6.03. The fourth-order valence-electron chi connectivity index (χ4n) is 1.99. The molecule has 0 saturated heterocycles. The molecular formula is C16H20N2O. The van der Waals surface area contributed by atoms with E-state index in [4.69, 9.17) is 10.5 Å². The summed E-state index contributed by atoms with van der Waals surface area (Å²) in [5.74, 6) is 2.16. The third-order valence-electron chi connectivity index (χ3n) is 3.36. The first-order chi connectivity index (χ1) is 9.26. The van der Waals surface area contributed by atoms with Gasteiger partial charge in [-0.15, -0.1) is 0 Å². The normalized spacial score (nSPS) is 12.2. The van der Waals surface area contributed by atoms with Crippen molar-refractivity contribution in [1.82, 2.24) is 4.98 Å². The average Bonchev–Trinajstić information content (AvgIpc) is 2.47. The van der Waals surface area contributed by atoms with Gasteiger partial charge in [0.05, 0.1) is 0 Å². The Morgan fingerprint density at radius 2 is 2.00 bits per heavy atom. The molecule has 0 radical (unpaired) electrons. The zero-order chi connectivity index (χ0) is 13.7. The van der Waals surface area contributed by atoms with Crippen molar-refractivity contribution >= 4 is 0 Å². The molecule has 0 amide bonds. The minimum absolute atomic E-state index is 0.425. The molecule has 1 atom stereocenters. The fraction of sp³-hybridized carbons (Fsp3) is 0.312. The van der Waals surface area contributed by atoms with E-state index in [0.29, 0.717) is 12.5 Å². The van der Waals surface area contributed by atoms with E-state index >= 15 is 0 Å². The van der Waals surface area contributed by atoms with Crippen molar-refractivity contribution in [2.45, 2.75) is 32.7 Å². The number of ether oxygens (including phenoxy) is 1. The van der Waals surface area contributed by atoms with Crippen LogP contribution in [0.2, 0.25) is 0 Å². The summed E-state index contributed by atoms with van der Waals surface area (Å²) in [6, 6.07) is 10.0. The number of nitrogens with two attached hydrogens (primary N) is 1. The van der Waals surface area contributed by atoms with Crippen LogP contribution in [0.3, 0.4) is 0 Å². The number of hydrogen-bond acceptors (Lipinski definition) is 3. The molecule has 0 aliphatic carbocycles. The van der Waals surface area contributed by atoms with E-state index in [1.807, 2.05) is 24.3 Å². The van der Waals surface area contributed by atoms with Crippen LogP contribution in [-0.4, -0.2) is 4.98 Å². The second-order valence-corrected chi connectivity index (χ2v) is 4.64. The number of aromatic nitrogens is 1. The van der Waals surface area contributed by atoms with Gasteiger partial charge >= 0.3 is 0 Å². The lowest BCUT2D eigenvalue weighted by Crippen LogP contribution is -2.01. The molecule has 2 N–H and O–H groups in total. The Labute approximate surface area is 114 Å². The lowest BCUT2D eigenvalue weighted by Gasteiger charge is -2.16. The minimum Gasteiger partial charge on any atom is -0.457 e. The summed E-state index contributed by atoms with van der Waals surface area (Å²) in [6.07, 6.45) is 4.56. The Bertz CT molecular complexity index is 540. The minimum atomic E-state index is 0.425. The number of nitrogens with zero attached hydrogens (tertiary/aromatic N) is 1. The van der Waals surface area contributed by atoms with Gasteiger partial charge in [-0.3, -0.25) is 4.98 Å². The van der Waals surface area contributed by atoms with Crippen molar-refractivity contribution in [3.05, 3.63) is 53.9 Å². The quantitative estimate of drug-likeness (QED) is 0.884. The van der Waals surface area contributed by atoms with E-state index < -0.39 is 0 Å². The first-order valence-corrected chi connectivity index (χ1v) is 6.66. The largest absolute Gasteiger partial charge is 0.457 e. The van der Waals surface area contributed by atoms with Gasteiger partial charge in [0.2, 0.25) is 0 Å². The van der Waals surface area contributed by atoms with Crippen LogP contribution >= 0.6 is 0 Å². The molecule has 0 fully saturated rings. The summed E-state index contributed by atoms with van der Waals surface area (Å²) in [4.78, 5) is 4.07. The Morgan fingerprint density at radius 3 is 2.74 bits per heavy atom. The number of pyridine rings is 1. The molecule has 2 rings (SSSR count). The van der Waals surface area contributed by atoms with Crippen LogP contribution in [0.15, 0.2) is 42.7 Å². The average molecular weight is 256 g/mol. The van der Waals surface area contributed by atoms with Gasteiger partial charge in [-0.05, 0) is 30.0 Å². The molecule has 1 heterocycles. The highest BCUT2D eigenvalue weighted by Crippen LogP contribution is 2.32. The molecule has 0 aliphatic heterocycles. The second-order valence-electron chi connectivity index (χ2n) is 4.64. The van der Waals surface area contributed by atoms with Gasteiger partial charge in [-0.25, -0.2) is 0 Å². The Morgan fingerprint density at radius 1 is 1.21 bits per heavy atom. The molecule has 1 aromatic heterocycles. The van der Waals surface area contributed by atoms with Gasteiger partial charge in [0.1, 0.15) is 11.5 Å². The molecule has 100 valence electrons. The summed E-state index contributed by atoms with van der Waals surface area (Å²) in [5.41, 5.74) is 7.85. The smallest absolute Gasteiger partial charge is 0.135 e. The van der Waals surface area contributed by atoms with Gasteiger partial charge in [-0.2, -0.15) is 0 Å². The van der Waals surface area contributed by atoms with Crippen molar-refractivity contribution < 1.29 is 4.74 Å². The van der Waals surface area contributed by atoms with Gasteiger partial charge < -0.3 is 10.5 Å². The fourth-order valence-corrected chi connectivity index (χ4v) is 1.99. The number of hydrogen-bond donors (Lipinski definition) is 1. The second kappa shape index (κ2) is 6.34. The van der Waals surface area contributed by atoms with Crippen LogP contribution in [0, 0.1) is 0 Å². The first-order valence-electron chi connectivity index (χ1n) is 6.66. The predicted octanol–water partition coefficient (Wildman–Crippen LogP) is 3.85. The highest BCUT2D eigenvalue weighted by Gasteiger charge is 2.11. The molecule has 1 unspecified atom stereocenters. The molecule has 0 aliphatic rings. The molecule has 2 aromatic rings. The zero-order valence-electron chi connectivity index (χ0n) is 11.5. The van der Waals surface area contributed by atoms with Gasteiger partial charge in [-0.1, -0.05) is 32.0 Å². The first kappa shape index (κ1) is 13.6. The Kier molecular flexibility index (Phi) is 4.53. The highest BCUT2D eigenvalue weighted by atomic mass is 16.5. The molecule has 0 spiro atoms. The highest BCUT2D eigenvalue weighted by molar-refractivity contribution is 5.41. The van der Waals surface area contributed by atoms with Crippen LogP contribution in [0.4, 0.5) is 0 Å². The van der Waals surface area contributed by atoms with Crippen molar-refractivity contribution in [1.29, 1.82) is 0 Å². The van der Waals surface area contributed by atoms with Crippen molar-refractivity contribution in [2.75, 3.05) is 0 Å². The van der Waals surface area contributed by atoms with E-state index in [1.54, 1.807) is 12.4 Å². The summed E-state index contributed by atoms with van der Waals surface area (Å²) in [5, 5.41) is 0. The van der Waals surface area contributed by atoms with Gasteiger partial charge in [0.15, 0.2) is 0 Å². The molecule has 1 aromatic carbocycles. The van der Waals surface area contributed by atoms with Gasteiger partial charge in [0, 0.05) is 24.5 Å². The van der Waals surface area contributed by atoms with Crippen LogP contribution in [0.5, 0.6) is 11.5 Å². The van der Waals surface area contributed by atoms with Crippen LogP contribution < -0.4 is 10.5 Å². The summed E-state index contributed by atoms with van der Waals surface area (Å²) in [7, 11) is 0. The monoisotopic (exact) mass is 256 g/mol. The number of rotatable bonds is 5. The van der Waals surface area contributed by atoms with Crippen LogP contribution in [-0.2, 0) is 6.54 Å². The SMILES string of the molecule is CCC(C)c1ccccc1Oc1ccncc1CN. The topological polar surface area (TPSA) is 48.1 Å². The number of benzene rings is 1. The molecule has 3 nitrogen and oxygen atoms in total. The summed E-state index contributed by atoms with van der Waals surface area (Å²) in [6.45, 7) is 4.81. The molecule has 0 bridgehead atoms.